The summed E-state index contributed by atoms with van der Waals surface area (Å²) >= 11 is 0. The number of hydrogen-bond donors (Lipinski definition) is 1. The van der Waals surface area contributed by atoms with Crippen LogP contribution < -0.4 is 4.72 Å². The van der Waals surface area contributed by atoms with Gasteiger partial charge in [0.1, 0.15) is 11.6 Å². The number of nitrogens with zero attached hydrogens (tertiary/aromatic N) is 2. The van der Waals surface area contributed by atoms with Crippen molar-refractivity contribution in [2.24, 2.45) is 0 Å². The van der Waals surface area contributed by atoms with Gasteiger partial charge in [-0.15, -0.1) is 0 Å². The quantitative estimate of drug-likeness (QED) is 0.636. The summed E-state index contributed by atoms with van der Waals surface area (Å²) in [5.41, 5.74) is 2.36. The summed E-state index contributed by atoms with van der Waals surface area (Å²) in [6, 6.07) is 3.62. The summed E-state index contributed by atoms with van der Waals surface area (Å²) < 4.78 is 31.8. The molecule has 1 N–H and O–H groups in total. The monoisotopic (exact) mass is 351 g/mol. The maximum absolute atomic E-state index is 11.9. The van der Waals surface area contributed by atoms with Crippen molar-refractivity contribution in [1.82, 2.24) is 9.29 Å². The number of ether oxygens (including phenoxy) is 1. The zero-order chi connectivity index (χ0) is 17.9. The second kappa shape index (κ2) is 7.20. The molecular formula is C16H21N3O4S. The molecule has 0 saturated carbocycles. The van der Waals surface area contributed by atoms with E-state index in [1.807, 2.05) is 19.9 Å². The van der Waals surface area contributed by atoms with Crippen molar-refractivity contribution < 1.29 is 17.9 Å². The summed E-state index contributed by atoms with van der Waals surface area (Å²) in [6.45, 7) is 5.35. The van der Waals surface area contributed by atoms with Gasteiger partial charge in [-0.05, 0) is 44.4 Å². The van der Waals surface area contributed by atoms with E-state index in [1.54, 1.807) is 10.8 Å². The highest BCUT2D eigenvalue weighted by atomic mass is 32.2. The van der Waals surface area contributed by atoms with Crippen molar-refractivity contribution in [3.8, 4) is 6.07 Å². The van der Waals surface area contributed by atoms with E-state index in [0.29, 0.717) is 5.56 Å². The molecule has 1 unspecified atom stereocenters. The lowest BCUT2D eigenvalue weighted by molar-refractivity contribution is -0.115. The van der Waals surface area contributed by atoms with Gasteiger partial charge in [0.2, 0.25) is 10.0 Å². The molecule has 2 rings (SSSR count). The molecule has 8 heteroatoms. The van der Waals surface area contributed by atoms with Crippen LogP contribution in [0.1, 0.15) is 29.8 Å². The van der Waals surface area contributed by atoms with Crippen LogP contribution in [-0.2, 0) is 26.1 Å². The summed E-state index contributed by atoms with van der Waals surface area (Å²) in [5.74, 6) is -0.927. The lowest BCUT2D eigenvalue weighted by Gasteiger charge is -2.14. The van der Waals surface area contributed by atoms with Gasteiger partial charge in [-0.1, -0.05) is 0 Å². The van der Waals surface area contributed by atoms with E-state index in [2.05, 4.69) is 4.57 Å². The lowest BCUT2D eigenvalue weighted by Crippen LogP contribution is -2.30. The molecule has 0 aromatic carbocycles. The summed E-state index contributed by atoms with van der Waals surface area (Å²) in [6.07, 6.45) is 4.53. The van der Waals surface area contributed by atoms with E-state index >= 15 is 0 Å². The fraction of sp³-hybridized carbons (Fsp3) is 0.500. The summed E-state index contributed by atoms with van der Waals surface area (Å²) in [4.78, 5) is 11.9. The van der Waals surface area contributed by atoms with E-state index in [9.17, 15) is 13.2 Å². The SMILES string of the molecule is Cc1cc(/C=C(\C#N)C(=O)NS(C)(=O)=O)c(C)n1CC1CCCO1. The van der Waals surface area contributed by atoms with Crippen LogP contribution >= 0.6 is 0 Å². The van der Waals surface area contributed by atoms with Crippen LogP contribution in [0, 0.1) is 25.2 Å². The van der Waals surface area contributed by atoms with E-state index in [1.165, 1.54) is 6.08 Å². The fourth-order valence-electron chi connectivity index (χ4n) is 2.77. The Hall–Kier alpha value is -2.11. The predicted molar refractivity (Wildman–Crippen MR) is 89.5 cm³/mol. The number of carbonyl (C=O) groups is 1. The van der Waals surface area contributed by atoms with Crippen molar-refractivity contribution in [2.75, 3.05) is 12.9 Å². The second-order valence-corrected chi connectivity index (χ2v) is 7.69. The Bertz CT molecular complexity index is 809. The minimum atomic E-state index is -3.71. The first-order chi connectivity index (χ1) is 11.2. The zero-order valence-electron chi connectivity index (χ0n) is 14.0. The Morgan fingerprint density at radius 1 is 1.54 bits per heavy atom. The highest BCUT2D eigenvalue weighted by Crippen LogP contribution is 2.22. The van der Waals surface area contributed by atoms with Crippen molar-refractivity contribution >= 4 is 22.0 Å². The molecule has 0 aliphatic carbocycles. The van der Waals surface area contributed by atoms with Gasteiger partial charge in [0, 0.05) is 24.5 Å². The first-order valence-electron chi connectivity index (χ1n) is 7.63. The van der Waals surface area contributed by atoms with Gasteiger partial charge in [-0.3, -0.25) is 4.79 Å². The van der Waals surface area contributed by atoms with Crippen molar-refractivity contribution in [3.05, 3.63) is 28.6 Å². The molecule has 2 heterocycles. The summed E-state index contributed by atoms with van der Waals surface area (Å²) in [5, 5.41) is 9.15. The standard InChI is InChI=1S/C16H21N3O4S/c1-11-7-13(8-14(9-17)16(20)18-24(3,21)22)12(2)19(11)10-15-5-4-6-23-15/h7-8,15H,4-6,10H2,1-3H3,(H,18,20)/b14-8+. The molecule has 0 bridgehead atoms. The molecule has 130 valence electrons. The van der Waals surface area contributed by atoms with Gasteiger partial charge in [0.05, 0.1) is 12.4 Å². The number of nitrogens with one attached hydrogen (secondary N) is 1. The average Bonchev–Trinajstić information content (AvgIpc) is 3.07. The predicted octanol–water partition coefficient (Wildman–Crippen LogP) is 1.27. The highest BCUT2D eigenvalue weighted by Gasteiger charge is 2.19. The van der Waals surface area contributed by atoms with E-state index < -0.39 is 15.9 Å². The maximum Gasteiger partial charge on any atom is 0.275 e. The number of nitriles is 1. The molecule has 1 saturated heterocycles. The van der Waals surface area contributed by atoms with E-state index in [-0.39, 0.29) is 11.7 Å². The van der Waals surface area contributed by atoms with Crippen LogP contribution in [0.25, 0.3) is 6.08 Å². The largest absolute Gasteiger partial charge is 0.376 e. The van der Waals surface area contributed by atoms with Gasteiger partial charge >= 0.3 is 0 Å². The number of sulfonamides is 1. The Labute approximate surface area is 142 Å². The Balaban J connectivity index is 2.27. The third-order valence-electron chi connectivity index (χ3n) is 3.97. The first-order valence-corrected chi connectivity index (χ1v) is 9.52. The van der Waals surface area contributed by atoms with Gasteiger partial charge in [0.25, 0.3) is 5.91 Å². The van der Waals surface area contributed by atoms with Crippen LogP contribution in [0.5, 0.6) is 0 Å². The highest BCUT2D eigenvalue weighted by molar-refractivity contribution is 7.89. The number of aromatic nitrogens is 1. The van der Waals surface area contributed by atoms with Crippen molar-refractivity contribution in [2.45, 2.75) is 39.3 Å². The lowest BCUT2D eigenvalue weighted by atomic mass is 10.1. The normalized spacial score (nSPS) is 18.4. The van der Waals surface area contributed by atoms with Gasteiger partial charge in [0.15, 0.2) is 0 Å². The molecule has 1 atom stereocenters. The number of hydrogen-bond acceptors (Lipinski definition) is 5. The molecule has 1 fully saturated rings. The molecule has 7 nitrogen and oxygen atoms in total. The third kappa shape index (κ3) is 4.46. The fourth-order valence-corrected chi connectivity index (χ4v) is 3.22. The Kier molecular flexibility index (Phi) is 5.47. The molecule has 0 radical (unpaired) electrons. The van der Waals surface area contributed by atoms with Crippen LogP contribution in [0.3, 0.4) is 0 Å². The number of aryl methyl sites for hydroxylation is 1. The van der Waals surface area contributed by atoms with Crippen molar-refractivity contribution in [1.29, 1.82) is 5.26 Å². The number of amides is 1. The smallest absolute Gasteiger partial charge is 0.275 e. The topological polar surface area (TPSA) is 101 Å². The molecule has 1 aliphatic rings. The summed E-state index contributed by atoms with van der Waals surface area (Å²) in [7, 11) is -3.71. The molecular weight excluding hydrogens is 330 g/mol. The van der Waals surface area contributed by atoms with Crippen molar-refractivity contribution in [3.63, 3.8) is 0 Å². The van der Waals surface area contributed by atoms with Gasteiger partial charge in [-0.2, -0.15) is 5.26 Å². The molecule has 1 aromatic heterocycles. The molecule has 1 amide bonds. The average molecular weight is 351 g/mol. The van der Waals surface area contributed by atoms with Crippen LogP contribution in [-0.4, -0.2) is 37.9 Å². The molecule has 0 spiro atoms. The molecule has 24 heavy (non-hydrogen) atoms. The van der Waals surface area contributed by atoms with Crippen LogP contribution in [0.15, 0.2) is 11.6 Å². The van der Waals surface area contributed by atoms with Gasteiger partial charge < -0.3 is 9.30 Å². The second-order valence-electron chi connectivity index (χ2n) is 5.95. The van der Waals surface area contributed by atoms with E-state index in [4.69, 9.17) is 10.00 Å². The first kappa shape index (κ1) is 18.2. The third-order valence-corrected chi connectivity index (χ3v) is 4.52. The number of rotatable bonds is 5. The zero-order valence-corrected chi connectivity index (χ0v) is 14.8. The minimum Gasteiger partial charge on any atom is -0.376 e. The molecule has 1 aromatic rings. The van der Waals surface area contributed by atoms with Gasteiger partial charge in [-0.25, -0.2) is 13.1 Å². The minimum absolute atomic E-state index is 0.176. The van der Waals surface area contributed by atoms with Crippen LogP contribution in [0.4, 0.5) is 0 Å². The Morgan fingerprint density at radius 2 is 2.25 bits per heavy atom. The molecule has 1 aliphatic heterocycles. The number of carbonyl (C=O) groups excluding carboxylic acids is 1. The maximum atomic E-state index is 11.9. The van der Waals surface area contributed by atoms with Crippen LogP contribution in [0.2, 0.25) is 0 Å². The van der Waals surface area contributed by atoms with E-state index in [0.717, 1.165) is 43.6 Å². The Morgan fingerprint density at radius 3 is 2.79 bits per heavy atom.